The van der Waals surface area contributed by atoms with Crippen molar-refractivity contribution in [2.75, 3.05) is 26.4 Å². The molecular weight excluding hydrogens is 644 g/mol. The number of esters is 2. The molecule has 4 atom stereocenters. The molecule has 2 fully saturated rings. The van der Waals surface area contributed by atoms with Gasteiger partial charge in [-0.2, -0.15) is 0 Å². The molecule has 2 saturated heterocycles. The van der Waals surface area contributed by atoms with Gasteiger partial charge in [0, 0.05) is 0 Å². The highest BCUT2D eigenvalue weighted by Crippen LogP contribution is 2.14. The average Bonchev–Trinajstić information content (AvgIpc) is 3.76. The van der Waals surface area contributed by atoms with Gasteiger partial charge in [0.2, 0.25) is 0 Å². The fourth-order valence-electron chi connectivity index (χ4n) is 4.97. The van der Waals surface area contributed by atoms with Crippen LogP contribution in [0.15, 0.2) is 121 Å². The van der Waals surface area contributed by atoms with Crippen molar-refractivity contribution in [1.29, 1.82) is 0 Å². The molecule has 2 aliphatic heterocycles. The number of carbonyl (C=O) groups excluding carboxylic acids is 4. The molecule has 2 N–H and O–H groups in total. The molecule has 0 aromatic heterocycles. The first-order chi connectivity index (χ1) is 24.4. The molecule has 0 saturated carbocycles. The van der Waals surface area contributed by atoms with E-state index in [1.54, 1.807) is 48.5 Å². The molecule has 260 valence electrons. The minimum Gasteiger partial charge on any atom is -0.460 e. The highest BCUT2D eigenvalue weighted by Gasteiger charge is 2.35. The van der Waals surface area contributed by atoms with Gasteiger partial charge in [-0.3, -0.25) is 0 Å². The zero-order valence-electron chi connectivity index (χ0n) is 27.2. The zero-order valence-corrected chi connectivity index (χ0v) is 27.2. The standard InChI is InChI=1S/2C19H19NO5/c21-18(15-9-5-2-6-10-15)25-17(16-12-24-19(22)20-16)13-23-11-14-7-3-1-4-8-14;21-18(15-9-5-2-6-10-15)24-12-16-17(25-19(22)20-16)13-23-11-14-7-3-1-4-8-14/h2*1-10,16-17H,11-13H2,(H,20,22)/t2*16-,17-/m11/s1. The highest BCUT2D eigenvalue weighted by atomic mass is 16.6. The molecule has 0 spiro atoms. The molecule has 2 aliphatic rings. The van der Waals surface area contributed by atoms with Crippen molar-refractivity contribution in [2.24, 2.45) is 0 Å². The molecule has 0 radical (unpaired) electrons. The van der Waals surface area contributed by atoms with Crippen molar-refractivity contribution < 1.29 is 47.6 Å². The van der Waals surface area contributed by atoms with E-state index in [1.165, 1.54) is 0 Å². The summed E-state index contributed by atoms with van der Waals surface area (Å²) in [7, 11) is 0. The third kappa shape index (κ3) is 11.2. The number of carbonyl (C=O) groups is 4. The Kier molecular flexibility index (Phi) is 13.3. The van der Waals surface area contributed by atoms with Crippen LogP contribution >= 0.6 is 0 Å². The van der Waals surface area contributed by atoms with Crippen LogP contribution in [0, 0.1) is 0 Å². The fourth-order valence-corrected chi connectivity index (χ4v) is 4.97. The molecule has 2 amide bonds. The van der Waals surface area contributed by atoms with E-state index in [2.05, 4.69) is 10.6 Å². The molecule has 4 aromatic carbocycles. The Labute approximate surface area is 289 Å². The second kappa shape index (κ2) is 18.7. The number of amides is 2. The zero-order chi connectivity index (χ0) is 35.0. The number of benzene rings is 4. The predicted molar refractivity (Wildman–Crippen MR) is 180 cm³/mol. The van der Waals surface area contributed by atoms with E-state index in [9.17, 15) is 19.2 Å². The van der Waals surface area contributed by atoms with E-state index >= 15 is 0 Å². The third-order valence-electron chi connectivity index (χ3n) is 7.62. The van der Waals surface area contributed by atoms with Crippen LogP contribution in [0.5, 0.6) is 0 Å². The molecule has 0 aliphatic carbocycles. The van der Waals surface area contributed by atoms with E-state index in [0.29, 0.717) is 24.3 Å². The summed E-state index contributed by atoms with van der Waals surface area (Å²) < 4.78 is 32.2. The van der Waals surface area contributed by atoms with Crippen molar-refractivity contribution in [3.05, 3.63) is 144 Å². The number of ether oxygens (including phenoxy) is 6. The van der Waals surface area contributed by atoms with Crippen LogP contribution in [0.25, 0.3) is 0 Å². The second-order valence-corrected chi connectivity index (χ2v) is 11.3. The van der Waals surface area contributed by atoms with Crippen LogP contribution in [0.2, 0.25) is 0 Å². The summed E-state index contributed by atoms with van der Waals surface area (Å²) in [4.78, 5) is 47.1. The van der Waals surface area contributed by atoms with Crippen LogP contribution in [-0.2, 0) is 41.6 Å². The molecule has 6 rings (SSSR count). The van der Waals surface area contributed by atoms with E-state index in [-0.39, 0.29) is 26.4 Å². The normalized spacial score (nSPS) is 18.3. The van der Waals surface area contributed by atoms with Gasteiger partial charge in [-0.15, -0.1) is 0 Å². The van der Waals surface area contributed by atoms with Gasteiger partial charge in [0.15, 0.2) is 6.10 Å². The van der Waals surface area contributed by atoms with Gasteiger partial charge in [-0.1, -0.05) is 97.1 Å². The van der Waals surface area contributed by atoms with Crippen LogP contribution in [0.3, 0.4) is 0 Å². The SMILES string of the molecule is O=C1N[C@@H]([C@@H](COCc2ccccc2)OC(=O)c2ccccc2)CO1.O=C1N[C@H](COC(=O)c2ccccc2)[C@@H](COCc2ccccc2)O1. The molecule has 2 heterocycles. The summed E-state index contributed by atoms with van der Waals surface area (Å²) >= 11 is 0. The van der Waals surface area contributed by atoms with E-state index in [0.717, 1.165) is 11.1 Å². The van der Waals surface area contributed by atoms with Gasteiger partial charge in [-0.25, -0.2) is 19.2 Å². The third-order valence-corrected chi connectivity index (χ3v) is 7.62. The van der Waals surface area contributed by atoms with Crippen molar-refractivity contribution in [1.82, 2.24) is 10.6 Å². The molecule has 12 heteroatoms. The average molecular weight is 683 g/mol. The maximum Gasteiger partial charge on any atom is 0.408 e. The van der Waals surface area contributed by atoms with Gasteiger partial charge in [0.1, 0.15) is 31.4 Å². The molecular formula is C38H38N2O10. The molecule has 50 heavy (non-hydrogen) atoms. The Bertz CT molecular complexity index is 1660. The van der Waals surface area contributed by atoms with Crippen LogP contribution in [-0.4, -0.2) is 74.8 Å². The maximum absolute atomic E-state index is 12.3. The number of rotatable bonds is 14. The first-order valence-corrected chi connectivity index (χ1v) is 16.1. The van der Waals surface area contributed by atoms with Gasteiger partial charge in [0.05, 0.1) is 37.6 Å². The quantitative estimate of drug-likeness (QED) is 0.136. The number of alkyl carbamates (subject to hydrolysis) is 2. The van der Waals surface area contributed by atoms with Gasteiger partial charge < -0.3 is 39.1 Å². The molecule has 12 nitrogen and oxygen atoms in total. The van der Waals surface area contributed by atoms with Gasteiger partial charge >= 0.3 is 24.1 Å². The van der Waals surface area contributed by atoms with Crippen LogP contribution in [0.4, 0.5) is 9.59 Å². The first kappa shape index (κ1) is 35.6. The Hall–Kier alpha value is -5.72. The van der Waals surface area contributed by atoms with E-state index < -0.39 is 48.4 Å². The Morgan fingerprint density at radius 2 is 1.20 bits per heavy atom. The number of cyclic esters (lactones) is 2. The number of hydrogen-bond acceptors (Lipinski definition) is 10. The molecule has 0 bridgehead atoms. The Balaban J connectivity index is 0.000000194. The minimum atomic E-state index is -0.636. The maximum atomic E-state index is 12.3. The Morgan fingerprint density at radius 1 is 0.660 bits per heavy atom. The van der Waals surface area contributed by atoms with E-state index in [1.807, 2.05) is 72.8 Å². The van der Waals surface area contributed by atoms with Crippen LogP contribution in [0.1, 0.15) is 31.8 Å². The molecule has 0 unspecified atom stereocenters. The smallest absolute Gasteiger partial charge is 0.408 e. The van der Waals surface area contributed by atoms with Crippen molar-refractivity contribution in [2.45, 2.75) is 37.5 Å². The lowest BCUT2D eigenvalue weighted by atomic mass is 10.1. The number of hydrogen-bond donors (Lipinski definition) is 2. The monoisotopic (exact) mass is 682 g/mol. The summed E-state index contributed by atoms with van der Waals surface area (Å²) in [5.41, 5.74) is 2.96. The van der Waals surface area contributed by atoms with Crippen molar-refractivity contribution in [3.63, 3.8) is 0 Å². The van der Waals surface area contributed by atoms with Crippen molar-refractivity contribution in [3.8, 4) is 0 Å². The summed E-state index contributed by atoms with van der Waals surface area (Å²) in [5.74, 6) is -0.902. The summed E-state index contributed by atoms with van der Waals surface area (Å²) in [5, 5.41) is 5.28. The molecule has 4 aromatic rings. The Morgan fingerprint density at radius 3 is 1.76 bits per heavy atom. The van der Waals surface area contributed by atoms with Gasteiger partial charge in [0.25, 0.3) is 0 Å². The lowest BCUT2D eigenvalue weighted by Gasteiger charge is -2.22. The minimum absolute atomic E-state index is 0.0266. The second-order valence-electron chi connectivity index (χ2n) is 11.3. The largest absolute Gasteiger partial charge is 0.460 e. The number of nitrogens with one attached hydrogen (secondary N) is 2. The summed E-state index contributed by atoms with van der Waals surface area (Å²) in [6.45, 7) is 1.36. The lowest BCUT2D eigenvalue weighted by Crippen LogP contribution is -2.43. The predicted octanol–water partition coefficient (Wildman–Crippen LogP) is 5.07. The van der Waals surface area contributed by atoms with Crippen LogP contribution < -0.4 is 10.6 Å². The lowest BCUT2D eigenvalue weighted by molar-refractivity contribution is -0.0202. The van der Waals surface area contributed by atoms with Crippen molar-refractivity contribution >= 4 is 24.1 Å². The van der Waals surface area contributed by atoms with E-state index in [4.69, 9.17) is 28.4 Å². The summed E-state index contributed by atoms with van der Waals surface area (Å²) in [6, 6.07) is 35.9. The highest BCUT2D eigenvalue weighted by molar-refractivity contribution is 5.90. The fraction of sp³-hybridized carbons (Fsp3) is 0.263. The first-order valence-electron chi connectivity index (χ1n) is 16.1. The summed E-state index contributed by atoms with van der Waals surface area (Å²) in [6.07, 6.45) is -2.19. The van der Waals surface area contributed by atoms with Gasteiger partial charge in [-0.05, 0) is 35.4 Å². The topological polar surface area (TPSA) is 148 Å².